The van der Waals surface area contributed by atoms with Crippen molar-refractivity contribution >= 4 is 38.5 Å². The molecule has 2 heterocycles. The van der Waals surface area contributed by atoms with E-state index in [4.69, 9.17) is 9.98 Å². The van der Waals surface area contributed by atoms with Crippen LogP contribution < -0.4 is 5.62 Å². The maximum absolute atomic E-state index is 9.34. The highest BCUT2D eigenvalue weighted by Crippen LogP contribution is 2.53. The molecule has 5 nitrogen and oxygen atoms in total. The van der Waals surface area contributed by atoms with Crippen molar-refractivity contribution in [1.82, 2.24) is 14.5 Å². The number of nitrogens with zero attached hydrogens (tertiary/aromatic N) is 3. The zero-order chi connectivity index (χ0) is 31.7. The molecule has 8 aromatic rings. The second kappa shape index (κ2) is 10.2. The number of para-hydroxylation sites is 3. The van der Waals surface area contributed by atoms with Crippen LogP contribution in [0.25, 0.3) is 60.8 Å². The van der Waals surface area contributed by atoms with E-state index in [1.807, 2.05) is 54.6 Å². The Balaban J connectivity index is 1.26. The summed E-state index contributed by atoms with van der Waals surface area (Å²) in [6.45, 7) is 4.67. The Kier molecular flexibility index (Phi) is 5.93. The van der Waals surface area contributed by atoms with Crippen molar-refractivity contribution in [2.24, 2.45) is 4.99 Å². The Morgan fingerprint density at radius 3 is 2.26 bits per heavy atom. The summed E-state index contributed by atoms with van der Waals surface area (Å²) >= 11 is 0. The molecule has 0 spiro atoms. The molecule has 0 saturated carbocycles. The van der Waals surface area contributed by atoms with Crippen molar-refractivity contribution in [2.45, 2.75) is 19.3 Å². The van der Waals surface area contributed by atoms with E-state index < -0.39 is 0 Å². The van der Waals surface area contributed by atoms with Gasteiger partial charge in [0.2, 0.25) is 5.62 Å². The molecule has 1 aliphatic rings. The van der Waals surface area contributed by atoms with Gasteiger partial charge in [-0.3, -0.25) is 5.41 Å². The number of hydrogen-bond donors (Lipinski definition) is 2. The van der Waals surface area contributed by atoms with Crippen LogP contribution in [0.5, 0.6) is 0 Å². The molecule has 0 unspecified atom stereocenters. The van der Waals surface area contributed by atoms with Gasteiger partial charge in [-0.25, -0.2) is 4.98 Å². The molecule has 2 aromatic heterocycles. The quantitative estimate of drug-likeness (QED) is 0.153. The van der Waals surface area contributed by atoms with E-state index >= 15 is 0 Å². The Morgan fingerprint density at radius 2 is 1.38 bits per heavy atom. The molecule has 1 aliphatic carbocycles. The monoisotopic (exact) mass is 605 g/mol. The van der Waals surface area contributed by atoms with Gasteiger partial charge in [-0.1, -0.05) is 123 Å². The molecule has 9 rings (SSSR count). The maximum Gasteiger partial charge on any atom is 0.229 e. The summed E-state index contributed by atoms with van der Waals surface area (Å²) in [6, 6.07) is 48.2. The van der Waals surface area contributed by atoms with Gasteiger partial charge in [-0.2, -0.15) is 4.99 Å². The highest BCUT2D eigenvalue weighted by atomic mass is 15.0. The van der Waals surface area contributed by atoms with Gasteiger partial charge in [0.25, 0.3) is 0 Å². The second-order valence-electron chi connectivity index (χ2n) is 12.7. The van der Waals surface area contributed by atoms with Crippen LogP contribution in [0, 0.1) is 5.41 Å². The first-order valence-electron chi connectivity index (χ1n) is 15.9. The van der Waals surface area contributed by atoms with Crippen LogP contribution in [0.15, 0.2) is 145 Å². The molecule has 0 amide bonds. The standard InChI is InChI=1S/C42H31N5/c1-42(2)32-20-10-6-16-27(32)28-24-25-36-37(38(28)42)30-18-8-12-22-34(30)47(36)35-23-13-9-19-31(35)40(43)46-41-44-33-21-11-7-17-29(33)39(45-41)26-14-4-3-5-15-26/h3-25H,1-2H3,(H2,43,44,45,46). The summed E-state index contributed by atoms with van der Waals surface area (Å²) in [4.78, 5) is 13.1. The largest absolute Gasteiger partial charge is 0.323 e. The molecule has 0 aliphatic heterocycles. The third-order valence-electron chi connectivity index (χ3n) is 9.67. The molecule has 0 fully saturated rings. The molecular weight excluding hydrogens is 574 g/mol. The smallest absolute Gasteiger partial charge is 0.229 e. The van der Waals surface area contributed by atoms with Crippen molar-refractivity contribution in [3.05, 3.63) is 162 Å². The van der Waals surface area contributed by atoms with E-state index in [-0.39, 0.29) is 11.3 Å². The zero-order valence-corrected chi connectivity index (χ0v) is 26.1. The summed E-state index contributed by atoms with van der Waals surface area (Å²) in [6.07, 6.45) is 0. The van der Waals surface area contributed by atoms with Crippen LogP contribution in [-0.4, -0.2) is 20.4 Å². The van der Waals surface area contributed by atoms with E-state index in [1.165, 1.54) is 33.0 Å². The predicted octanol–water partition coefficient (Wildman–Crippen LogP) is 9.56. The molecule has 0 radical (unpaired) electrons. The number of amidine groups is 1. The fourth-order valence-electron chi connectivity index (χ4n) is 7.61. The van der Waals surface area contributed by atoms with Crippen molar-refractivity contribution in [3.63, 3.8) is 0 Å². The number of benzene rings is 6. The Morgan fingerprint density at radius 1 is 0.681 bits per heavy atom. The molecule has 6 aromatic carbocycles. The van der Waals surface area contributed by atoms with Gasteiger partial charge in [0.05, 0.1) is 27.9 Å². The fraction of sp³-hybridized carbons (Fsp3) is 0.0714. The lowest BCUT2D eigenvalue weighted by molar-refractivity contribution is 0.666. The lowest BCUT2D eigenvalue weighted by atomic mass is 9.80. The van der Waals surface area contributed by atoms with Gasteiger partial charge in [0.1, 0.15) is 0 Å². The first-order valence-corrected chi connectivity index (χ1v) is 15.9. The van der Waals surface area contributed by atoms with Gasteiger partial charge in [0.15, 0.2) is 5.84 Å². The van der Waals surface area contributed by atoms with E-state index in [0.29, 0.717) is 5.62 Å². The minimum atomic E-state index is -0.157. The number of rotatable bonds is 3. The van der Waals surface area contributed by atoms with E-state index in [0.717, 1.165) is 44.4 Å². The Labute approximate surface area is 272 Å². The average Bonchev–Trinajstić information content (AvgIpc) is 3.57. The molecule has 0 saturated heterocycles. The van der Waals surface area contributed by atoms with E-state index in [9.17, 15) is 5.41 Å². The first-order chi connectivity index (χ1) is 23.0. The van der Waals surface area contributed by atoms with Crippen molar-refractivity contribution < 1.29 is 0 Å². The molecule has 0 atom stereocenters. The van der Waals surface area contributed by atoms with Crippen molar-refractivity contribution in [1.29, 1.82) is 5.41 Å². The molecular formula is C42H31N5. The number of aromatic nitrogens is 3. The Hall–Kier alpha value is -6.07. The highest BCUT2D eigenvalue weighted by molar-refractivity contribution is 6.15. The normalized spacial score (nSPS) is 13.7. The van der Waals surface area contributed by atoms with Crippen molar-refractivity contribution in [2.75, 3.05) is 0 Å². The molecule has 224 valence electrons. The zero-order valence-electron chi connectivity index (χ0n) is 26.1. The number of nitrogens with one attached hydrogen (secondary N) is 2. The first kappa shape index (κ1) is 27.3. The molecule has 0 bridgehead atoms. The summed E-state index contributed by atoms with van der Waals surface area (Å²) in [7, 11) is 0. The topological polar surface area (TPSA) is 69.8 Å². The second-order valence-corrected chi connectivity index (χ2v) is 12.7. The fourth-order valence-corrected chi connectivity index (χ4v) is 7.61. The summed E-state index contributed by atoms with van der Waals surface area (Å²) in [5.74, 6) is 0.137. The molecule has 2 N–H and O–H groups in total. The minimum Gasteiger partial charge on any atom is -0.323 e. The van der Waals surface area contributed by atoms with Gasteiger partial charge in [0, 0.05) is 32.7 Å². The van der Waals surface area contributed by atoms with Crippen LogP contribution in [0.4, 0.5) is 0 Å². The number of hydrogen-bond acceptors (Lipinski definition) is 2. The third kappa shape index (κ3) is 4.06. The summed E-state index contributed by atoms with van der Waals surface area (Å²) in [5, 5.41) is 12.8. The van der Waals surface area contributed by atoms with Crippen LogP contribution >= 0.6 is 0 Å². The third-order valence-corrected chi connectivity index (χ3v) is 9.67. The lowest BCUT2D eigenvalue weighted by Crippen LogP contribution is -2.17. The van der Waals surface area contributed by atoms with Crippen LogP contribution in [0.3, 0.4) is 0 Å². The highest BCUT2D eigenvalue weighted by Gasteiger charge is 2.38. The number of fused-ring (bicyclic) bond motifs is 8. The van der Waals surface area contributed by atoms with Crippen LogP contribution in [-0.2, 0) is 5.41 Å². The van der Waals surface area contributed by atoms with E-state index in [1.54, 1.807) is 0 Å². The van der Waals surface area contributed by atoms with Gasteiger partial charge >= 0.3 is 0 Å². The lowest BCUT2D eigenvalue weighted by Gasteiger charge is -2.22. The summed E-state index contributed by atoms with van der Waals surface area (Å²) < 4.78 is 2.30. The summed E-state index contributed by atoms with van der Waals surface area (Å²) in [5.41, 5.74) is 12.2. The van der Waals surface area contributed by atoms with Crippen LogP contribution in [0.2, 0.25) is 0 Å². The van der Waals surface area contributed by atoms with Gasteiger partial charge in [-0.15, -0.1) is 0 Å². The average molecular weight is 606 g/mol. The van der Waals surface area contributed by atoms with Gasteiger partial charge < -0.3 is 9.55 Å². The Bertz CT molecular complexity index is 2620. The predicted molar refractivity (Wildman–Crippen MR) is 192 cm³/mol. The molecule has 5 heteroatoms. The SMILES string of the molecule is CC1(C)c2ccccc2-c2ccc3c(c21)c1ccccc1n3-c1ccccc1C(=N)N=c1nc(-c2ccccc2)c2ccccc2[nH]1. The van der Waals surface area contributed by atoms with Crippen molar-refractivity contribution in [3.8, 4) is 28.1 Å². The van der Waals surface area contributed by atoms with E-state index in [2.05, 4.69) is 108 Å². The number of aromatic amines is 1. The van der Waals surface area contributed by atoms with Gasteiger partial charge in [-0.05, 0) is 52.6 Å². The molecule has 47 heavy (non-hydrogen) atoms. The number of H-pyrrole nitrogens is 1. The minimum absolute atomic E-state index is 0.137. The van der Waals surface area contributed by atoms with Crippen LogP contribution in [0.1, 0.15) is 30.5 Å². The maximum atomic E-state index is 9.34.